The first-order valence-corrected chi connectivity index (χ1v) is 11.5. The normalized spacial score (nSPS) is 18.7. The molecule has 0 bridgehead atoms. The molecule has 0 aliphatic carbocycles. The van der Waals surface area contributed by atoms with Gasteiger partial charge in [0.2, 0.25) is 0 Å². The Bertz CT molecular complexity index is 1160. The molecule has 1 aromatic heterocycles. The van der Waals surface area contributed by atoms with Crippen LogP contribution < -0.4 is 4.90 Å². The van der Waals surface area contributed by atoms with Crippen LogP contribution in [-0.4, -0.2) is 53.3 Å². The van der Waals surface area contributed by atoms with Gasteiger partial charge >= 0.3 is 0 Å². The predicted octanol–water partition coefficient (Wildman–Crippen LogP) is 3.74. The molecule has 6 heteroatoms. The summed E-state index contributed by atoms with van der Waals surface area (Å²) in [6, 6.07) is 18.7. The lowest BCUT2D eigenvalue weighted by Crippen LogP contribution is -2.43. The molecule has 0 radical (unpaired) electrons. The molecule has 2 N–H and O–H groups in total. The molecule has 3 aromatic rings. The maximum Gasteiger partial charge on any atom is 0.129 e. The van der Waals surface area contributed by atoms with Crippen LogP contribution in [0.3, 0.4) is 0 Å². The summed E-state index contributed by atoms with van der Waals surface area (Å²) in [5.41, 5.74) is 7.60. The highest BCUT2D eigenvalue weighted by Gasteiger charge is 2.23. The Kier molecular flexibility index (Phi) is 6.22. The molecule has 1 saturated heterocycles. The first-order chi connectivity index (χ1) is 16.1. The van der Waals surface area contributed by atoms with E-state index in [2.05, 4.69) is 46.3 Å². The molecule has 0 saturated carbocycles. The fourth-order valence-electron chi connectivity index (χ4n) is 4.55. The van der Waals surface area contributed by atoms with Crippen molar-refractivity contribution >= 4 is 11.5 Å². The van der Waals surface area contributed by atoms with Crippen LogP contribution in [0.15, 0.2) is 65.8 Å². The second kappa shape index (κ2) is 9.43. The molecular weight excluding hydrogens is 414 g/mol. The number of morpholine rings is 1. The standard InChI is InChI=1S/C27H29N3O3/c1-18(32)19-2-4-20(5-3-19)21-6-7-23-16-29-27(25(23)14-21)22-8-10-28-26(15-22)30-11-13-33-24(17-30)9-12-31/h2-8,10,14-15,18,24,31-32H,9,11-13,16-17H2,1H3. The molecule has 0 amide bonds. The van der Waals surface area contributed by atoms with Gasteiger partial charge in [-0.3, -0.25) is 4.99 Å². The number of anilines is 1. The van der Waals surface area contributed by atoms with Gasteiger partial charge in [-0.15, -0.1) is 0 Å². The summed E-state index contributed by atoms with van der Waals surface area (Å²) in [5.74, 6) is 0.916. The van der Waals surface area contributed by atoms with Crippen molar-refractivity contribution in [1.82, 2.24) is 4.98 Å². The third-order valence-electron chi connectivity index (χ3n) is 6.43. The van der Waals surface area contributed by atoms with E-state index in [0.29, 0.717) is 19.6 Å². The summed E-state index contributed by atoms with van der Waals surface area (Å²) in [6.45, 7) is 4.74. The van der Waals surface area contributed by atoms with Gasteiger partial charge in [-0.2, -0.15) is 0 Å². The number of aliphatic hydroxyl groups excluding tert-OH is 2. The molecule has 2 unspecified atom stereocenters. The largest absolute Gasteiger partial charge is 0.396 e. The first-order valence-electron chi connectivity index (χ1n) is 11.5. The zero-order valence-electron chi connectivity index (χ0n) is 18.8. The van der Waals surface area contributed by atoms with Crippen LogP contribution in [-0.2, 0) is 11.3 Å². The lowest BCUT2D eigenvalue weighted by Gasteiger charge is -2.33. The number of rotatable bonds is 6. The van der Waals surface area contributed by atoms with Gasteiger partial charge in [0.1, 0.15) is 5.82 Å². The zero-order chi connectivity index (χ0) is 22.8. The summed E-state index contributed by atoms with van der Waals surface area (Å²) >= 11 is 0. The zero-order valence-corrected chi connectivity index (χ0v) is 18.8. The molecular formula is C27H29N3O3. The predicted molar refractivity (Wildman–Crippen MR) is 130 cm³/mol. The van der Waals surface area contributed by atoms with Crippen molar-refractivity contribution in [1.29, 1.82) is 0 Å². The highest BCUT2D eigenvalue weighted by Crippen LogP contribution is 2.30. The SMILES string of the molecule is CC(O)c1ccc(-c2ccc3c(c2)C(c2ccnc(N4CCOC(CCO)C4)c2)=NC3)cc1. The number of aromatic nitrogens is 1. The summed E-state index contributed by atoms with van der Waals surface area (Å²) in [5, 5.41) is 19.0. The Morgan fingerprint density at radius 2 is 1.88 bits per heavy atom. The molecule has 170 valence electrons. The van der Waals surface area contributed by atoms with Gasteiger partial charge in [0, 0.05) is 37.0 Å². The Balaban J connectivity index is 1.41. The fourth-order valence-corrected chi connectivity index (χ4v) is 4.55. The van der Waals surface area contributed by atoms with Crippen molar-refractivity contribution < 1.29 is 14.9 Å². The van der Waals surface area contributed by atoms with Crippen molar-refractivity contribution in [2.24, 2.45) is 4.99 Å². The maximum atomic E-state index is 9.79. The second-order valence-electron chi connectivity index (χ2n) is 8.69. The van der Waals surface area contributed by atoms with Crippen LogP contribution in [0.4, 0.5) is 5.82 Å². The average molecular weight is 444 g/mol. The Hall–Kier alpha value is -3.06. The number of hydrogen-bond acceptors (Lipinski definition) is 6. The third-order valence-corrected chi connectivity index (χ3v) is 6.43. The summed E-state index contributed by atoms with van der Waals surface area (Å²) in [4.78, 5) is 11.7. The maximum absolute atomic E-state index is 9.79. The number of aliphatic imine (C=N–C) groups is 1. The van der Waals surface area contributed by atoms with Gasteiger partial charge in [0.25, 0.3) is 0 Å². The quantitative estimate of drug-likeness (QED) is 0.607. The Labute approximate surface area is 194 Å². The minimum absolute atomic E-state index is 0.0292. The molecule has 1 fully saturated rings. The van der Waals surface area contributed by atoms with E-state index < -0.39 is 6.10 Å². The van der Waals surface area contributed by atoms with Crippen LogP contribution in [0.1, 0.15) is 41.7 Å². The van der Waals surface area contributed by atoms with Gasteiger partial charge in [-0.05, 0) is 53.8 Å². The number of hydrogen-bond donors (Lipinski definition) is 2. The molecule has 3 heterocycles. The number of pyridine rings is 1. The lowest BCUT2D eigenvalue weighted by atomic mass is 9.95. The van der Waals surface area contributed by atoms with E-state index in [9.17, 15) is 10.2 Å². The van der Waals surface area contributed by atoms with Gasteiger partial charge in [-0.1, -0.05) is 36.4 Å². The molecule has 5 rings (SSSR count). The molecule has 2 atom stereocenters. The number of fused-ring (bicyclic) bond motifs is 1. The average Bonchev–Trinajstić information content (AvgIpc) is 3.28. The van der Waals surface area contributed by atoms with E-state index in [1.54, 1.807) is 6.92 Å². The summed E-state index contributed by atoms with van der Waals surface area (Å²) < 4.78 is 5.76. The van der Waals surface area contributed by atoms with Crippen LogP contribution in [0.5, 0.6) is 0 Å². The molecule has 33 heavy (non-hydrogen) atoms. The van der Waals surface area contributed by atoms with Crippen molar-refractivity contribution in [2.75, 3.05) is 31.2 Å². The van der Waals surface area contributed by atoms with Crippen LogP contribution in [0.2, 0.25) is 0 Å². The van der Waals surface area contributed by atoms with E-state index in [-0.39, 0.29) is 12.7 Å². The smallest absolute Gasteiger partial charge is 0.129 e. The van der Waals surface area contributed by atoms with Crippen molar-refractivity contribution in [3.8, 4) is 11.1 Å². The molecule has 2 aliphatic rings. The fraction of sp³-hybridized carbons (Fsp3) is 0.333. The number of nitrogens with zero attached hydrogens (tertiary/aromatic N) is 3. The van der Waals surface area contributed by atoms with Crippen molar-refractivity contribution in [3.63, 3.8) is 0 Å². The molecule has 6 nitrogen and oxygen atoms in total. The minimum Gasteiger partial charge on any atom is -0.396 e. The minimum atomic E-state index is -0.468. The van der Waals surface area contributed by atoms with Gasteiger partial charge < -0.3 is 19.8 Å². The first kappa shape index (κ1) is 21.8. The summed E-state index contributed by atoms with van der Waals surface area (Å²) in [7, 11) is 0. The second-order valence-corrected chi connectivity index (χ2v) is 8.69. The van der Waals surface area contributed by atoms with Gasteiger partial charge in [0.05, 0.1) is 31.1 Å². The topological polar surface area (TPSA) is 78.2 Å². The summed E-state index contributed by atoms with van der Waals surface area (Å²) in [6.07, 6.45) is 2.04. The molecule has 2 aliphatic heterocycles. The van der Waals surface area contributed by atoms with E-state index in [0.717, 1.165) is 52.4 Å². The third kappa shape index (κ3) is 4.55. The highest BCUT2D eigenvalue weighted by molar-refractivity contribution is 6.15. The number of aliphatic hydroxyl groups is 2. The Morgan fingerprint density at radius 3 is 2.67 bits per heavy atom. The van der Waals surface area contributed by atoms with E-state index >= 15 is 0 Å². The van der Waals surface area contributed by atoms with E-state index in [1.165, 1.54) is 5.56 Å². The highest BCUT2D eigenvalue weighted by atomic mass is 16.5. The van der Waals surface area contributed by atoms with Crippen LogP contribution in [0.25, 0.3) is 11.1 Å². The van der Waals surface area contributed by atoms with Crippen LogP contribution in [0, 0.1) is 0 Å². The van der Waals surface area contributed by atoms with Crippen molar-refractivity contribution in [3.05, 3.63) is 83.0 Å². The van der Waals surface area contributed by atoms with Crippen molar-refractivity contribution in [2.45, 2.75) is 32.1 Å². The Morgan fingerprint density at radius 1 is 1.06 bits per heavy atom. The monoisotopic (exact) mass is 443 g/mol. The lowest BCUT2D eigenvalue weighted by molar-refractivity contribution is 0.0244. The van der Waals surface area contributed by atoms with Gasteiger partial charge in [-0.25, -0.2) is 4.98 Å². The number of ether oxygens (including phenoxy) is 1. The van der Waals surface area contributed by atoms with E-state index in [4.69, 9.17) is 9.73 Å². The number of benzene rings is 2. The van der Waals surface area contributed by atoms with Gasteiger partial charge in [0.15, 0.2) is 0 Å². The van der Waals surface area contributed by atoms with Crippen LogP contribution >= 0.6 is 0 Å². The molecule has 0 spiro atoms. The molecule has 2 aromatic carbocycles. The van der Waals surface area contributed by atoms with E-state index in [1.807, 2.05) is 24.4 Å².